The van der Waals surface area contributed by atoms with Crippen molar-refractivity contribution >= 4 is 25.4 Å². The number of rotatable bonds is 3. The Morgan fingerprint density at radius 3 is 2.83 bits per heavy atom. The van der Waals surface area contributed by atoms with Gasteiger partial charge >= 0.3 is 7.60 Å². The van der Waals surface area contributed by atoms with E-state index in [0.717, 1.165) is 37.1 Å². The monoisotopic (exact) mass is 292 g/mol. The van der Waals surface area contributed by atoms with Crippen molar-refractivity contribution in [2.24, 2.45) is 0 Å². The highest BCUT2D eigenvalue weighted by molar-refractivity contribution is 7.60. The van der Waals surface area contributed by atoms with Gasteiger partial charge in [0.1, 0.15) is 0 Å². The van der Waals surface area contributed by atoms with Crippen molar-refractivity contribution in [3.63, 3.8) is 0 Å². The third-order valence-electron chi connectivity index (χ3n) is 3.01. The third kappa shape index (κ3) is 3.53. The van der Waals surface area contributed by atoms with Gasteiger partial charge in [-0.1, -0.05) is 19.4 Å². The van der Waals surface area contributed by atoms with Gasteiger partial charge in [0.25, 0.3) is 0 Å². The van der Waals surface area contributed by atoms with Gasteiger partial charge in [0.15, 0.2) is 5.44 Å². The maximum atomic E-state index is 11.1. The summed E-state index contributed by atoms with van der Waals surface area (Å²) in [6, 6.07) is 3.54. The lowest BCUT2D eigenvalue weighted by Gasteiger charge is -2.25. The van der Waals surface area contributed by atoms with Gasteiger partial charge in [-0.25, -0.2) is 4.98 Å². The van der Waals surface area contributed by atoms with E-state index in [4.69, 9.17) is 9.79 Å². The van der Waals surface area contributed by atoms with E-state index in [2.05, 4.69) is 17.2 Å². The SMILES string of the molecule is CCCC1Cc2nc(P(=O)(O)O)ccc2CN1.Cl. The minimum absolute atomic E-state index is 0. The Morgan fingerprint density at radius 1 is 1.50 bits per heavy atom. The number of aromatic nitrogens is 1. The Balaban J connectivity index is 0.00000162. The lowest BCUT2D eigenvalue weighted by molar-refractivity contribution is 0.385. The molecule has 0 bridgehead atoms. The van der Waals surface area contributed by atoms with E-state index < -0.39 is 7.60 Å². The third-order valence-corrected chi connectivity index (χ3v) is 3.86. The van der Waals surface area contributed by atoms with Crippen molar-refractivity contribution in [2.75, 3.05) is 0 Å². The van der Waals surface area contributed by atoms with Gasteiger partial charge in [-0.05, 0) is 18.1 Å². The van der Waals surface area contributed by atoms with Crippen LogP contribution in [0.3, 0.4) is 0 Å². The van der Waals surface area contributed by atoms with Gasteiger partial charge < -0.3 is 15.1 Å². The molecule has 0 aromatic carbocycles. The van der Waals surface area contributed by atoms with E-state index in [1.165, 1.54) is 6.07 Å². The molecule has 0 amide bonds. The van der Waals surface area contributed by atoms with Crippen LogP contribution in [0, 0.1) is 0 Å². The quantitative estimate of drug-likeness (QED) is 0.727. The van der Waals surface area contributed by atoms with Crippen molar-refractivity contribution in [1.82, 2.24) is 10.3 Å². The van der Waals surface area contributed by atoms with E-state index in [1.807, 2.05) is 0 Å². The zero-order chi connectivity index (χ0) is 12.5. The van der Waals surface area contributed by atoms with Crippen molar-refractivity contribution in [3.8, 4) is 0 Å². The molecule has 0 saturated carbocycles. The summed E-state index contributed by atoms with van der Waals surface area (Å²) in [5, 5.41) is 3.40. The molecule has 2 rings (SSSR count). The minimum atomic E-state index is -4.23. The van der Waals surface area contributed by atoms with Crippen LogP contribution in [-0.2, 0) is 17.5 Å². The Morgan fingerprint density at radius 2 is 2.22 bits per heavy atom. The normalized spacial score (nSPS) is 18.9. The molecule has 5 nitrogen and oxygen atoms in total. The van der Waals surface area contributed by atoms with Gasteiger partial charge in [-0.15, -0.1) is 12.4 Å². The second-order valence-corrected chi connectivity index (χ2v) is 5.94. The topological polar surface area (TPSA) is 82.5 Å². The first kappa shape index (κ1) is 15.6. The Hall–Kier alpha value is -0.450. The first-order valence-electron chi connectivity index (χ1n) is 5.79. The molecule has 1 aliphatic rings. The van der Waals surface area contributed by atoms with E-state index in [9.17, 15) is 4.57 Å². The van der Waals surface area contributed by atoms with Gasteiger partial charge in [0.2, 0.25) is 0 Å². The molecule has 1 aromatic rings. The molecule has 1 aliphatic heterocycles. The fourth-order valence-electron chi connectivity index (χ4n) is 2.13. The zero-order valence-electron chi connectivity index (χ0n) is 10.2. The molecule has 0 aliphatic carbocycles. The number of fused-ring (bicyclic) bond motifs is 1. The highest BCUT2D eigenvalue weighted by atomic mass is 35.5. The van der Waals surface area contributed by atoms with Gasteiger partial charge in [-0.3, -0.25) is 4.57 Å². The first-order valence-corrected chi connectivity index (χ1v) is 7.40. The molecule has 1 unspecified atom stereocenters. The first-order chi connectivity index (χ1) is 8.00. The van der Waals surface area contributed by atoms with Crippen LogP contribution in [0.2, 0.25) is 0 Å². The maximum Gasteiger partial charge on any atom is 0.374 e. The highest BCUT2D eigenvalue weighted by Gasteiger charge is 2.24. The average molecular weight is 293 g/mol. The molecule has 0 spiro atoms. The van der Waals surface area contributed by atoms with Crippen molar-refractivity contribution in [1.29, 1.82) is 0 Å². The second kappa shape index (κ2) is 6.13. The molecule has 1 aromatic heterocycles. The zero-order valence-corrected chi connectivity index (χ0v) is 11.9. The number of hydrogen-bond donors (Lipinski definition) is 3. The minimum Gasteiger partial charge on any atom is -0.320 e. The molecular formula is C11H18ClN2O3P. The summed E-state index contributed by atoms with van der Waals surface area (Å²) >= 11 is 0. The summed E-state index contributed by atoms with van der Waals surface area (Å²) in [5.74, 6) is 0. The molecule has 102 valence electrons. The molecular weight excluding hydrogens is 275 g/mol. The van der Waals surface area contributed by atoms with Crippen molar-refractivity contribution in [2.45, 2.75) is 38.8 Å². The fraction of sp³-hybridized carbons (Fsp3) is 0.545. The fourth-order valence-corrected chi connectivity index (χ4v) is 2.65. The lowest BCUT2D eigenvalue weighted by atomic mass is 9.98. The van der Waals surface area contributed by atoms with Crippen LogP contribution >= 0.6 is 20.0 Å². The standard InChI is InChI=1S/C11H17N2O3P.ClH/c1-2-3-9-6-10-8(7-12-9)4-5-11(13-10)17(14,15)16;/h4-5,9,12H,2-3,6-7H2,1H3,(H2,14,15,16);1H. The molecule has 0 saturated heterocycles. The van der Waals surface area contributed by atoms with E-state index in [1.54, 1.807) is 6.07 Å². The smallest absolute Gasteiger partial charge is 0.320 e. The number of halogens is 1. The van der Waals surface area contributed by atoms with E-state index in [0.29, 0.717) is 6.04 Å². The predicted octanol–water partition coefficient (Wildman–Crippen LogP) is 1.12. The average Bonchev–Trinajstić information content (AvgIpc) is 2.27. The van der Waals surface area contributed by atoms with Crippen LogP contribution in [0.4, 0.5) is 0 Å². The molecule has 1 atom stereocenters. The van der Waals surface area contributed by atoms with Crippen molar-refractivity contribution in [3.05, 3.63) is 23.4 Å². The summed E-state index contributed by atoms with van der Waals surface area (Å²) in [6.07, 6.45) is 2.89. The molecule has 2 heterocycles. The van der Waals surface area contributed by atoms with E-state index in [-0.39, 0.29) is 17.8 Å². The van der Waals surface area contributed by atoms with Crippen molar-refractivity contribution < 1.29 is 14.4 Å². The maximum absolute atomic E-state index is 11.1. The highest BCUT2D eigenvalue weighted by Crippen LogP contribution is 2.32. The molecule has 0 radical (unpaired) electrons. The second-order valence-electron chi connectivity index (χ2n) is 4.39. The number of pyridine rings is 1. The van der Waals surface area contributed by atoms with Gasteiger partial charge in [0, 0.05) is 24.7 Å². The lowest BCUT2D eigenvalue weighted by Crippen LogP contribution is -2.36. The largest absolute Gasteiger partial charge is 0.374 e. The number of nitrogens with one attached hydrogen (secondary N) is 1. The molecule has 3 N–H and O–H groups in total. The Bertz CT molecular complexity index is 464. The van der Waals surface area contributed by atoms with Crippen LogP contribution in [0.25, 0.3) is 0 Å². The van der Waals surface area contributed by atoms with E-state index >= 15 is 0 Å². The van der Waals surface area contributed by atoms with Crippen LogP contribution in [0.1, 0.15) is 31.0 Å². The van der Waals surface area contributed by atoms with Gasteiger partial charge in [-0.2, -0.15) is 0 Å². The molecule has 18 heavy (non-hydrogen) atoms. The molecule has 0 fully saturated rings. The Labute approximate surface area is 113 Å². The summed E-state index contributed by atoms with van der Waals surface area (Å²) in [4.78, 5) is 22.3. The summed E-state index contributed by atoms with van der Waals surface area (Å²) in [6.45, 7) is 2.85. The number of nitrogens with zero attached hydrogens (tertiary/aromatic N) is 1. The predicted molar refractivity (Wildman–Crippen MR) is 72.4 cm³/mol. The summed E-state index contributed by atoms with van der Waals surface area (Å²) in [5.41, 5.74) is 1.74. The van der Waals surface area contributed by atoms with Crippen LogP contribution in [0.15, 0.2) is 12.1 Å². The summed E-state index contributed by atoms with van der Waals surface area (Å²) in [7, 11) is -4.23. The Kier molecular flexibility index (Phi) is 5.32. The van der Waals surface area contributed by atoms with Crippen LogP contribution in [-0.4, -0.2) is 20.8 Å². The van der Waals surface area contributed by atoms with Gasteiger partial charge in [0.05, 0.1) is 0 Å². The van der Waals surface area contributed by atoms with Crippen LogP contribution < -0.4 is 10.8 Å². The summed E-state index contributed by atoms with van der Waals surface area (Å²) < 4.78 is 11.1. The molecule has 7 heteroatoms. The van der Waals surface area contributed by atoms with Crippen LogP contribution in [0.5, 0.6) is 0 Å². The number of hydrogen-bond acceptors (Lipinski definition) is 3.